The summed E-state index contributed by atoms with van der Waals surface area (Å²) in [7, 11) is -3.95. The molecule has 0 bridgehead atoms. The van der Waals surface area contributed by atoms with Gasteiger partial charge >= 0.3 is 0 Å². The van der Waals surface area contributed by atoms with Gasteiger partial charge in [0, 0.05) is 30.8 Å². The van der Waals surface area contributed by atoms with Gasteiger partial charge in [0.15, 0.2) is 4.91 Å². The van der Waals surface area contributed by atoms with Crippen LogP contribution >= 0.6 is 0 Å². The van der Waals surface area contributed by atoms with Crippen molar-refractivity contribution in [3.63, 3.8) is 0 Å². The van der Waals surface area contributed by atoms with Crippen LogP contribution in [0.1, 0.15) is 37.3 Å². The average molecular weight is 397 g/mol. The SMILES string of the molecule is CCN1c2ccccc2C(c2ccccc2)=C(C(=O)N2CCCCC2)S1(=O)=O. The fourth-order valence-electron chi connectivity index (χ4n) is 4.08. The molecule has 1 amide bonds. The van der Waals surface area contributed by atoms with Gasteiger partial charge in [-0.3, -0.25) is 9.10 Å². The van der Waals surface area contributed by atoms with Gasteiger partial charge in [0.05, 0.1) is 5.69 Å². The maximum Gasteiger partial charge on any atom is 0.270 e. The summed E-state index contributed by atoms with van der Waals surface area (Å²) in [6.45, 7) is 3.28. The van der Waals surface area contributed by atoms with E-state index < -0.39 is 10.0 Å². The Labute approximate surface area is 166 Å². The topological polar surface area (TPSA) is 57.7 Å². The summed E-state index contributed by atoms with van der Waals surface area (Å²) >= 11 is 0. The number of para-hydroxylation sites is 1. The average Bonchev–Trinajstić information content (AvgIpc) is 2.73. The summed E-state index contributed by atoms with van der Waals surface area (Å²) in [6, 6.07) is 16.8. The first kappa shape index (κ1) is 18.7. The van der Waals surface area contributed by atoms with Crippen LogP contribution in [0.25, 0.3) is 5.57 Å². The number of rotatable bonds is 3. The van der Waals surface area contributed by atoms with Crippen molar-refractivity contribution in [3.05, 3.63) is 70.6 Å². The van der Waals surface area contributed by atoms with Crippen molar-refractivity contribution >= 4 is 27.2 Å². The third-order valence-electron chi connectivity index (χ3n) is 5.40. The van der Waals surface area contributed by atoms with Crippen molar-refractivity contribution in [3.8, 4) is 0 Å². The number of hydrogen-bond donors (Lipinski definition) is 0. The maximum atomic E-state index is 13.6. The summed E-state index contributed by atoms with van der Waals surface area (Å²) in [5.74, 6) is -0.383. The van der Waals surface area contributed by atoms with Crippen LogP contribution in [0.5, 0.6) is 0 Å². The molecule has 0 aromatic heterocycles. The Bertz CT molecular complexity index is 1020. The van der Waals surface area contributed by atoms with Gasteiger partial charge in [-0.2, -0.15) is 0 Å². The molecule has 0 N–H and O–H groups in total. The molecule has 0 atom stereocenters. The molecule has 2 aromatic carbocycles. The third-order valence-corrected chi connectivity index (χ3v) is 7.33. The summed E-state index contributed by atoms with van der Waals surface area (Å²) in [6.07, 6.45) is 2.90. The smallest absolute Gasteiger partial charge is 0.270 e. The predicted molar refractivity (Wildman–Crippen MR) is 111 cm³/mol. The number of nitrogens with zero attached hydrogens (tertiary/aromatic N) is 2. The molecule has 0 unspecified atom stereocenters. The summed E-state index contributed by atoms with van der Waals surface area (Å²) in [5, 5.41) is 0. The van der Waals surface area contributed by atoms with Gasteiger partial charge in [-0.1, -0.05) is 48.5 Å². The van der Waals surface area contributed by atoms with Crippen molar-refractivity contribution in [2.24, 2.45) is 0 Å². The molecule has 2 aliphatic rings. The van der Waals surface area contributed by atoms with E-state index in [-0.39, 0.29) is 17.4 Å². The van der Waals surface area contributed by atoms with Crippen LogP contribution in [0.2, 0.25) is 0 Å². The van der Waals surface area contributed by atoms with Gasteiger partial charge in [0.1, 0.15) is 0 Å². The number of likely N-dealkylation sites (tertiary alicyclic amines) is 1. The zero-order valence-electron chi connectivity index (χ0n) is 16.0. The second kappa shape index (κ2) is 7.43. The fraction of sp³-hybridized carbons (Fsp3) is 0.318. The highest BCUT2D eigenvalue weighted by Gasteiger charge is 2.42. The minimum absolute atomic E-state index is 0.0962. The van der Waals surface area contributed by atoms with Crippen LogP contribution in [-0.2, 0) is 14.8 Å². The highest BCUT2D eigenvalue weighted by molar-refractivity contribution is 7.97. The number of sulfonamides is 1. The molecule has 2 aliphatic heterocycles. The van der Waals surface area contributed by atoms with Gasteiger partial charge in [-0.15, -0.1) is 0 Å². The summed E-state index contributed by atoms with van der Waals surface area (Å²) in [4.78, 5) is 15.1. The van der Waals surface area contributed by atoms with E-state index in [1.807, 2.05) is 54.6 Å². The Balaban J connectivity index is 2.02. The van der Waals surface area contributed by atoms with Crippen LogP contribution in [0.15, 0.2) is 59.5 Å². The summed E-state index contributed by atoms with van der Waals surface area (Å²) in [5.41, 5.74) is 2.66. The molecule has 4 rings (SSSR count). The third kappa shape index (κ3) is 3.02. The quantitative estimate of drug-likeness (QED) is 0.796. The Morgan fingerprint density at radius 1 is 0.929 bits per heavy atom. The molecule has 2 aromatic rings. The number of carbonyl (C=O) groups excluding carboxylic acids is 1. The molecule has 5 nitrogen and oxygen atoms in total. The normalized spacial score (nSPS) is 18.8. The molecule has 28 heavy (non-hydrogen) atoms. The van der Waals surface area contributed by atoms with E-state index in [9.17, 15) is 13.2 Å². The summed E-state index contributed by atoms with van der Waals surface area (Å²) < 4.78 is 28.5. The Morgan fingerprint density at radius 2 is 1.57 bits per heavy atom. The van der Waals surface area contributed by atoms with Crippen LogP contribution in [0.4, 0.5) is 5.69 Å². The van der Waals surface area contributed by atoms with E-state index in [1.54, 1.807) is 11.8 Å². The van der Waals surface area contributed by atoms with E-state index in [0.29, 0.717) is 24.4 Å². The van der Waals surface area contributed by atoms with E-state index >= 15 is 0 Å². The van der Waals surface area contributed by atoms with Crippen LogP contribution < -0.4 is 4.31 Å². The number of piperidine rings is 1. The van der Waals surface area contributed by atoms with Crippen molar-refractivity contribution < 1.29 is 13.2 Å². The Hall–Kier alpha value is -2.60. The van der Waals surface area contributed by atoms with Gasteiger partial charge in [0.2, 0.25) is 0 Å². The monoisotopic (exact) mass is 396 g/mol. The first-order valence-electron chi connectivity index (χ1n) is 9.77. The van der Waals surface area contributed by atoms with E-state index in [4.69, 9.17) is 0 Å². The van der Waals surface area contributed by atoms with E-state index in [1.165, 1.54) is 4.31 Å². The predicted octanol–water partition coefficient (Wildman–Crippen LogP) is 3.63. The molecule has 0 radical (unpaired) electrons. The minimum atomic E-state index is -3.95. The lowest BCUT2D eigenvalue weighted by Gasteiger charge is -2.35. The second-order valence-electron chi connectivity index (χ2n) is 7.11. The van der Waals surface area contributed by atoms with Crippen LogP contribution in [-0.4, -0.2) is 38.9 Å². The number of anilines is 1. The largest absolute Gasteiger partial charge is 0.338 e. The van der Waals surface area contributed by atoms with E-state index in [0.717, 1.165) is 30.4 Å². The van der Waals surface area contributed by atoms with Gasteiger partial charge < -0.3 is 4.90 Å². The highest BCUT2D eigenvalue weighted by Crippen LogP contribution is 2.43. The highest BCUT2D eigenvalue weighted by atomic mass is 32.2. The molecule has 0 spiro atoms. The zero-order valence-corrected chi connectivity index (χ0v) is 16.8. The van der Waals surface area contributed by atoms with Gasteiger partial charge in [-0.05, 0) is 37.8 Å². The molecule has 6 heteroatoms. The van der Waals surface area contributed by atoms with Crippen molar-refractivity contribution in [1.82, 2.24) is 4.90 Å². The molecule has 0 aliphatic carbocycles. The molecule has 1 fully saturated rings. The fourth-order valence-corrected chi connectivity index (χ4v) is 5.90. The number of amides is 1. The van der Waals surface area contributed by atoms with Crippen molar-refractivity contribution in [1.29, 1.82) is 0 Å². The van der Waals surface area contributed by atoms with Crippen molar-refractivity contribution in [2.75, 3.05) is 23.9 Å². The lowest BCUT2D eigenvalue weighted by atomic mass is 9.95. The number of benzene rings is 2. The molecule has 1 saturated heterocycles. The van der Waals surface area contributed by atoms with Crippen LogP contribution in [0, 0.1) is 0 Å². The number of fused-ring (bicyclic) bond motifs is 1. The number of hydrogen-bond acceptors (Lipinski definition) is 3. The first-order valence-corrected chi connectivity index (χ1v) is 11.2. The molecule has 2 heterocycles. The Morgan fingerprint density at radius 3 is 2.25 bits per heavy atom. The molecular weight excluding hydrogens is 372 g/mol. The second-order valence-corrected chi connectivity index (χ2v) is 8.91. The van der Waals surface area contributed by atoms with Gasteiger partial charge in [-0.25, -0.2) is 8.42 Å². The van der Waals surface area contributed by atoms with Crippen molar-refractivity contribution in [2.45, 2.75) is 26.2 Å². The van der Waals surface area contributed by atoms with Gasteiger partial charge in [0.25, 0.3) is 15.9 Å². The maximum absolute atomic E-state index is 13.6. The molecule has 146 valence electrons. The molecule has 0 saturated carbocycles. The van der Waals surface area contributed by atoms with E-state index in [2.05, 4.69) is 0 Å². The lowest BCUT2D eigenvalue weighted by Crippen LogP contribution is -2.44. The Kier molecular flexibility index (Phi) is 4.98. The van der Waals surface area contributed by atoms with Crippen LogP contribution in [0.3, 0.4) is 0 Å². The first-order chi connectivity index (χ1) is 13.6. The molecular formula is C22H24N2O3S. The standard InChI is InChI=1S/C22H24N2O3S/c1-2-24-19-14-8-7-13-18(19)20(17-11-5-3-6-12-17)21(28(24,26)27)22(25)23-15-9-4-10-16-23/h3,5-8,11-14H,2,4,9-10,15-16H2,1H3. The zero-order chi connectivity index (χ0) is 19.7. The lowest BCUT2D eigenvalue weighted by molar-refractivity contribution is -0.127. The minimum Gasteiger partial charge on any atom is -0.338 e. The number of carbonyl (C=O) groups is 1.